The topological polar surface area (TPSA) is 21.3 Å². The molecule has 1 atom stereocenters. The molecule has 1 saturated carbocycles. The zero-order valence-corrected chi connectivity index (χ0v) is 12.8. The molecule has 0 aromatic heterocycles. The zero-order chi connectivity index (χ0) is 14.4. The Bertz CT molecular complexity index is 420. The van der Waals surface area contributed by atoms with Gasteiger partial charge in [0.15, 0.2) is 0 Å². The molecular weight excluding hydrogens is 246 g/mol. The Labute approximate surface area is 123 Å². The van der Waals surface area contributed by atoms with Crippen LogP contribution < -0.4 is 10.1 Å². The van der Waals surface area contributed by atoms with E-state index in [1.165, 1.54) is 32.1 Å². The summed E-state index contributed by atoms with van der Waals surface area (Å²) in [6.45, 7) is 7.38. The molecule has 0 bridgehead atoms. The second-order valence-corrected chi connectivity index (χ2v) is 6.13. The van der Waals surface area contributed by atoms with E-state index >= 15 is 0 Å². The third-order valence-electron chi connectivity index (χ3n) is 4.77. The van der Waals surface area contributed by atoms with E-state index in [1.807, 2.05) is 12.1 Å². The summed E-state index contributed by atoms with van der Waals surface area (Å²) in [5.41, 5.74) is 1.33. The highest BCUT2D eigenvalue weighted by Gasteiger charge is 2.31. The van der Waals surface area contributed by atoms with Crippen LogP contribution in [0.4, 0.5) is 5.69 Å². The van der Waals surface area contributed by atoms with Gasteiger partial charge in [-0.15, -0.1) is 6.58 Å². The second-order valence-electron chi connectivity index (χ2n) is 6.13. The number of hydrogen-bond acceptors (Lipinski definition) is 2. The normalized spacial score (nSPS) is 19.1. The van der Waals surface area contributed by atoms with Gasteiger partial charge >= 0.3 is 0 Å². The summed E-state index contributed by atoms with van der Waals surface area (Å²) in [5, 5.41) is 3.56. The molecule has 1 aliphatic carbocycles. The first kappa shape index (κ1) is 15.0. The molecule has 0 spiro atoms. The number of benzene rings is 1. The highest BCUT2D eigenvalue weighted by Crippen LogP contribution is 2.39. The van der Waals surface area contributed by atoms with E-state index in [0.717, 1.165) is 23.9 Å². The van der Waals surface area contributed by atoms with Gasteiger partial charge in [-0.1, -0.05) is 32.3 Å². The maximum Gasteiger partial charge on any atom is 0.119 e. The highest BCUT2D eigenvalue weighted by molar-refractivity contribution is 5.46. The van der Waals surface area contributed by atoms with Gasteiger partial charge in [0.1, 0.15) is 5.75 Å². The van der Waals surface area contributed by atoms with Crippen LogP contribution in [0, 0.1) is 11.3 Å². The lowest BCUT2D eigenvalue weighted by Crippen LogP contribution is -2.34. The van der Waals surface area contributed by atoms with Crippen LogP contribution in [0.2, 0.25) is 0 Å². The number of rotatable bonds is 6. The van der Waals surface area contributed by atoms with Crippen molar-refractivity contribution < 1.29 is 4.74 Å². The average molecular weight is 273 g/mol. The fourth-order valence-corrected chi connectivity index (χ4v) is 3.15. The second kappa shape index (κ2) is 6.83. The molecule has 0 saturated heterocycles. The Hall–Kier alpha value is -1.44. The predicted molar refractivity (Wildman–Crippen MR) is 86.4 cm³/mol. The van der Waals surface area contributed by atoms with E-state index in [9.17, 15) is 0 Å². The molecule has 1 aromatic carbocycles. The summed E-state index contributed by atoms with van der Waals surface area (Å²) in [7, 11) is 1.69. The summed E-state index contributed by atoms with van der Waals surface area (Å²) in [5.74, 6) is 1.66. The molecule has 1 unspecified atom stereocenters. The lowest BCUT2D eigenvalue weighted by molar-refractivity contribution is 0.203. The summed E-state index contributed by atoms with van der Waals surface area (Å²) in [6.07, 6.45) is 8.97. The van der Waals surface area contributed by atoms with Gasteiger partial charge in [0.2, 0.25) is 0 Å². The highest BCUT2D eigenvalue weighted by atomic mass is 16.5. The van der Waals surface area contributed by atoms with Gasteiger partial charge in [0.05, 0.1) is 7.11 Å². The SMILES string of the molecule is C=CC(C)(CNc1ccc(OC)cc1)C1CCCCC1. The molecule has 1 fully saturated rings. The van der Waals surface area contributed by atoms with Crippen LogP contribution in [0.5, 0.6) is 5.75 Å². The Kier molecular flexibility index (Phi) is 5.11. The zero-order valence-electron chi connectivity index (χ0n) is 12.8. The van der Waals surface area contributed by atoms with Crippen molar-refractivity contribution in [2.24, 2.45) is 11.3 Å². The summed E-state index contributed by atoms with van der Waals surface area (Å²) < 4.78 is 5.19. The molecule has 1 aliphatic rings. The largest absolute Gasteiger partial charge is 0.497 e. The van der Waals surface area contributed by atoms with Crippen molar-refractivity contribution in [3.63, 3.8) is 0 Å². The van der Waals surface area contributed by atoms with E-state index in [-0.39, 0.29) is 5.41 Å². The summed E-state index contributed by atoms with van der Waals surface area (Å²) in [4.78, 5) is 0. The Morgan fingerprint density at radius 3 is 2.45 bits per heavy atom. The van der Waals surface area contributed by atoms with E-state index in [2.05, 4.69) is 37.0 Å². The number of hydrogen-bond donors (Lipinski definition) is 1. The molecule has 0 amide bonds. The first-order chi connectivity index (χ1) is 9.68. The maximum absolute atomic E-state index is 5.19. The lowest BCUT2D eigenvalue weighted by Gasteiger charge is -2.38. The Morgan fingerprint density at radius 1 is 1.25 bits per heavy atom. The molecule has 0 aliphatic heterocycles. The molecule has 0 heterocycles. The van der Waals surface area contributed by atoms with Gasteiger partial charge < -0.3 is 10.1 Å². The molecule has 20 heavy (non-hydrogen) atoms. The molecule has 2 heteroatoms. The number of nitrogens with one attached hydrogen (secondary N) is 1. The Morgan fingerprint density at radius 2 is 1.90 bits per heavy atom. The van der Waals surface area contributed by atoms with Crippen LogP contribution >= 0.6 is 0 Å². The molecule has 0 radical (unpaired) electrons. The molecule has 2 rings (SSSR count). The van der Waals surface area contributed by atoms with Gasteiger partial charge in [-0.05, 0) is 43.0 Å². The Balaban J connectivity index is 1.96. The first-order valence-electron chi connectivity index (χ1n) is 7.69. The fraction of sp³-hybridized carbons (Fsp3) is 0.556. The molecule has 1 aromatic rings. The van der Waals surface area contributed by atoms with Crippen LogP contribution in [-0.2, 0) is 0 Å². The molecule has 1 N–H and O–H groups in total. The van der Waals surface area contributed by atoms with Gasteiger partial charge in [0, 0.05) is 17.6 Å². The van der Waals surface area contributed by atoms with Crippen molar-refractivity contribution in [1.82, 2.24) is 0 Å². The van der Waals surface area contributed by atoms with Crippen LogP contribution in [0.25, 0.3) is 0 Å². The standard InChI is InChI=1S/C18H27NO/c1-4-18(2,15-8-6-5-7-9-15)14-19-16-10-12-17(20-3)13-11-16/h4,10-13,15,19H,1,5-9,14H2,2-3H3. The van der Waals surface area contributed by atoms with E-state index in [4.69, 9.17) is 4.74 Å². The smallest absolute Gasteiger partial charge is 0.119 e. The van der Waals surface area contributed by atoms with Crippen molar-refractivity contribution in [3.8, 4) is 5.75 Å². The minimum Gasteiger partial charge on any atom is -0.497 e. The van der Waals surface area contributed by atoms with Gasteiger partial charge in [0.25, 0.3) is 0 Å². The van der Waals surface area contributed by atoms with E-state index in [1.54, 1.807) is 7.11 Å². The third-order valence-corrected chi connectivity index (χ3v) is 4.77. The summed E-state index contributed by atoms with van der Waals surface area (Å²) >= 11 is 0. The summed E-state index contributed by atoms with van der Waals surface area (Å²) in [6, 6.07) is 8.13. The van der Waals surface area contributed by atoms with Crippen molar-refractivity contribution in [1.29, 1.82) is 0 Å². The van der Waals surface area contributed by atoms with E-state index < -0.39 is 0 Å². The molecular formula is C18H27NO. The van der Waals surface area contributed by atoms with Crippen molar-refractivity contribution in [3.05, 3.63) is 36.9 Å². The number of anilines is 1. The van der Waals surface area contributed by atoms with Gasteiger partial charge in [-0.2, -0.15) is 0 Å². The monoisotopic (exact) mass is 273 g/mol. The number of ether oxygens (including phenoxy) is 1. The van der Waals surface area contributed by atoms with Gasteiger partial charge in [-0.3, -0.25) is 0 Å². The minimum atomic E-state index is 0.181. The first-order valence-corrected chi connectivity index (χ1v) is 7.69. The molecule has 110 valence electrons. The maximum atomic E-state index is 5.19. The minimum absolute atomic E-state index is 0.181. The van der Waals surface area contributed by atoms with Crippen LogP contribution in [0.15, 0.2) is 36.9 Å². The van der Waals surface area contributed by atoms with Crippen LogP contribution in [0.1, 0.15) is 39.0 Å². The quantitative estimate of drug-likeness (QED) is 0.746. The van der Waals surface area contributed by atoms with E-state index in [0.29, 0.717) is 0 Å². The fourth-order valence-electron chi connectivity index (χ4n) is 3.15. The van der Waals surface area contributed by atoms with Crippen molar-refractivity contribution in [2.45, 2.75) is 39.0 Å². The third kappa shape index (κ3) is 3.56. The average Bonchev–Trinajstić information content (AvgIpc) is 2.54. The lowest BCUT2D eigenvalue weighted by atomic mass is 9.70. The van der Waals surface area contributed by atoms with Gasteiger partial charge in [-0.25, -0.2) is 0 Å². The van der Waals surface area contributed by atoms with Crippen LogP contribution in [-0.4, -0.2) is 13.7 Å². The molecule has 2 nitrogen and oxygen atoms in total. The van der Waals surface area contributed by atoms with Crippen LogP contribution in [0.3, 0.4) is 0 Å². The van der Waals surface area contributed by atoms with Crippen molar-refractivity contribution in [2.75, 3.05) is 19.0 Å². The number of methoxy groups -OCH3 is 1. The van der Waals surface area contributed by atoms with Crippen molar-refractivity contribution >= 4 is 5.69 Å². The predicted octanol–water partition coefficient (Wildman–Crippen LogP) is 4.88.